The van der Waals surface area contributed by atoms with E-state index in [-0.39, 0.29) is 5.56 Å². The second kappa shape index (κ2) is 6.86. The van der Waals surface area contributed by atoms with E-state index in [1.807, 2.05) is 0 Å². The van der Waals surface area contributed by atoms with Crippen LogP contribution in [0.4, 0.5) is 0 Å². The minimum Gasteiger partial charge on any atom is -0.299 e. The average Bonchev–Trinajstić information content (AvgIpc) is 3.21. The maximum atomic E-state index is 11.7. The molecule has 0 radical (unpaired) electrons. The van der Waals surface area contributed by atoms with Crippen molar-refractivity contribution in [1.29, 1.82) is 0 Å². The summed E-state index contributed by atoms with van der Waals surface area (Å²) in [5.74, 6) is 0. The molecule has 7 nitrogen and oxygen atoms in total. The van der Waals surface area contributed by atoms with Gasteiger partial charge in [-0.15, -0.1) is 0 Å². The highest BCUT2D eigenvalue weighted by atomic mass is 16.1. The molecule has 4 rings (SSSR count). The molecule has 0 aromatic carbocycles. The van der Waals surface area contributed by atoms with Gasteiger partial charge in [-0.1, -0.05) is 0 Å². The number of hydrogen-bond acceptors (Lipinski definition) is 5. The summed E-state index contributed by atoms with van der Waals surface area (Å²) in [4.78, 5) is 16.6. The largest absolute Gasteiger partial charge is 0.299 e. The molecular formula is C17H24N6O. The molecular weight excluding hydrogens is 304 g/mol. The van der Waals surface area contributed by atoms with Crippen molar-refractivity contribution in [3.8, 4) is 0 Å². The number of fused-ring (bicyclic) bond motifs is 1. The molecule has 1 fully saturated rings. The number of nitrogens with zero attached hydrogens (tertiary/aromatic N) is 5. The van der Waals surface area contributed by atoms with E-state index in [9.17, 15) is 4.79 Å². The zero-order chi connectivity index (χ0) is 16.4. The van der Waals surface area contributed by atoms with E-state index < -0.39 is 0 Å². The van der Waals surface area contributed by atoms with E-state index >= 15 is 0 Å². The summed E-state index contributed by atoms with van der Waals surface area (Å²) in [5, 5.41) is 11.8. The minimum atomic E-state index is -0.0245. The number of H-pyrrole nitrogens is 1. The molecule has 1 N–H and O–H groups in total. The molecule has 2 aromatic heterocycles. The third-order valence-corrected chi connectivity index (χ3v) is 5.14. The fraction of sp³-hybridized carbons (Fsp3) is 0.588. The van der Waals surface area contributed by atoms with Crippen molar-refractivity contribution in [3.63, 3.8) is 0 Å². The van der Waals surface area contributed by atoms with Crippen LogP contribution >= 0.6 is 0 Å². The molecule has 128 valence electrons. The van der Waals surface area contributed by atoms with Crippen molar-refractivity contribution in [2.75, 3.05) is 32.7 Å². The summed E-state index contributed by atoms with van der Waals surface area (Å²) in [6, 6.07) is 3.25. The second-order valence-corrected chi connectivity index (χ2v) is 6.68. The zero-order valence-electron chi connectivity index (χ0n) is 13.9. The lowest BCUT2D eigenvalue weighted by Gasteiger charge is -2.34. The molecule has 24 heavy (non-hydrogen) atoms. The van der Waals surface area contributed by atoms with E-state index in [4.69, 9.17) is 0 Å². The molecule has 1 aliphatic carbocycles. The Bertz CT molecular complexity index is 744. The number of nitrogens with one attached hydrogen (secondary N) is 1. The van der Waals surface area contributed by atoms with Gasteiger partial charge in [0, 0.05) is 57.2 Å². The highest BCUT2D eigenvalue weighted by Crippen LogP contribution is 2.23. The average molecular weight is 328 g/mol. The van der Waals surface area contributed by atoms with Gasteiger partial charge in [0.25, 0.3) is 5.56 Å². The molecule has 1 aliphatic heterocycles. The number of aromatic nitrogens is 4. The van der Waals surface area contributed by atoms with Gasteiger partial charge < -0.3 is 0 Å². The van der Waals surface area contributed by atoms with Crippen LogP contribution in [0.5, 0.6) is 0 Å². The van der Waals surface area contributed by atoms with Crippen LogP contribution in [0.2, 0.25) is 0 Å². The van der Waals surface area contributed by atoms with Gasteiger partial charge in [-0.3, -0.25) is 19.7 Å². The van der Waals surface area contributed by atoms with Crippen LogP contribution in [0.3, 0.4) is 0 Å². The van der Waals surface area contributed by atoms with Gasteiger partial charge in [0.15, 0.2) is 0 Å². The zero-order valence-corrected chi connectivity index (χ0v) is 13.9. The van der Waals surface area contributed by atoms with Crippen LogP contribution in [0.15, 0.2) is 23.1 Å². The summed E-state index contributed by atoms with van der Waals surface area (Å²) in [7, 11) is 0. The van der Waals surface area contributed by atoms with Crippen molar-refractivity contribution < 1.29 is 0 Å². The van der Waals surface area contributed by atoms with Crippen molar-refractivity contribution >= 4 is 0 Å². The lowest BCUT2D eigenvalue weighted by molar-refractivity contribution is 0.121. The van der Waals surface area contributed by atoms with E-state index in [0.29, 0.717) is 6.54 Å². The molecule has 0 amide bonds. The fourth-order valence-corrected chi connectivity index (χ4v) is 3.69. The van der Waals surface area contributed by atoms with Gasteiger partial charge >= 0.3 is 0 Å². The molecule has 0 atom stereocenters. The van der Waals surface area contributed by atoms with Crippen molar-refractivity contribution in [2.24, 2.45) is 0 Å². The Morgan fingerprint density at radius 3 is 2.75 bits per heavy atom. The molecule has 3 heterocycles. The van der Waals surface area contributed by atoms with Gasteiger partial charge in [0.05, 0.1) is 12.2 Å². The number of piperazine rings is 1. The summed E-state index contributed by atoms with van der Waals surface area (Å²) >= 11 is 0. The van der Waals surface area contributed by atoms with Crippen molar-refractivity contribution in [3.05, 3.63) is 45.6 Å². The van der Waals surface area contributed by atoms with E-state index in [1.165, 1.54) is 29.8 Å². The first kappa shape index (κ1) is 15.5. The Hall–Kier alpha value is -1.99. The molecule has 0 saturated carbocycles. The van der Waals surface area contributed by atoms with Gasteiger partial charge in [-0.2, -0.15) is 10.2 Å². The van der Waals surface area contributed by atoms with Crippen molar-refractivity contribution in [1.82, 2.24) is 29.8 Å². The summed E-state index contributed by atoms with van der Waals surface area (Å²) < 4.78 is 1.54. The molecule has 0 bridgehead atoms. The molecule has 1 saturated heterocycles. The smallest absolute Gasteiger partial charge is 0.266 e. The van der Waals surface area contributed by atoms with Gasteiger partial charge in [-0.05, 0) is 30.9 Å². The highest BCUT2D eigenvalue weighted by molar-refractivity contribution is 5.29. The lowest BCUT2D eigenvalue weighted by Crippen LogP contribution is -2.47. The van der Waals surface area contributed by atoms with Gasteiger partial charge in [-0.25, -0.2) is 4.68 Å². The molecule has 2 aromatic rings. The van der Waals surface area contributed by atoms with Crippen LogP contribution in [-0.2, 0) is 25.9 Å². The Morgan fingerprint density at radius 1 is 1.08 bits per heavy atom. The van der Waals surface area contributed by atoms with Crippen LogP contribution in [0, 0.1) is 0 Å². The maximum absolute atomic E-state index is 11.7. The van der Waals surface area contributed by atoms with Crippen LogP contribution in [0.25, 0.3) is 0 Å². The van der Waals surface area contributed by atoms with Crippen molar-refractivity contribution in [2.45, 2.75) is 32.4 Å². The summed E-state index contributed by atoms with van der Waals surface area (Å²) in [6.45, 7) is 6.67. The normalized spacial score (nSPS) is 18.8. The SMILES string of the molecule is O=c1cccnn1CCN1CCN(Cc2n[nH]c3c2CCC3)CC1. The van der Waals surface area contributed by atoms with E-state index in [2.05, 4.69) is 25.1 Å². The topological polar surface area (TPSA) is 70.1 Å². The fourth-order valence-electron chi connectivity index (χ4n) is 3.69. The third-order valence-electron chi connectivity index (χ3n) is 5.14. The second-order valence-electron chi connectivity index (χ2n) is 6.68. The van der Waals surface area contributed by atoms with E-state index in [1.54, 1.807) is 23.0 Å². The lowest BCUT2D eigenvalue weighted by atomic mass is 10.2. The monoisotopic (exact) mass is 328 g/mol. The Morgan fingerprint density at radius 2 is 1.92 bits per heavy atom. The predicted octanol–water partition coefficient (Wildman–Crippen LogP) is 0.273. The Labute approximate surface area is 141 Å². The molecule has 7 heteroatoms. The van der Waals surface area contributed by atoms with E-state index in [0.717, 1.165) is 45.7 Å². The Kier molecular flexibility index (Phi) is 4.44. The Balaban J connectivity index is 1.26. The number of aromatic amines is 1. The minimum absolute atomic E-state index is 0.0245. The first-order valence-corrected chi connectivity index (χ1v) is 8.81. The number of rotatable bonds is 5. The first-order valence-electron chi connectivity index (χ1n) is 8.81. The molecule has 0 unspecified atom stereocenters. The predicted molar refractivity (Wildman–Crippen MR) is 90.8 cm³/mol. The van der Waals surface area contributed by atoms with Crippen LogP contribution in [-0.4, -0.2) is 62.5 Å². The number of hydrogen-bond donors (Lipinski definition) is 1. The quantitative estimate of drug-likeness (QED) is 0.853. The molecule has 0 spiro atoms. The molecule has 2 aliphatic rings. The highest BCUT2D eigenvalue weighted by Gasteiger charge is 2.22. The van der Waals surface area contributed by atoms with Crippen LogP contribution in [0.1, 0.15) is 23.4 Å². The third kappa shape index (κ3) is 3.27. The first-order chi connectivity index (χ1) is 11.8. The summed E-state index contributed by atoms with van der Waals surface area (Å²) in [5.41, 5.74) is 4.04. The van der Waals surface area contributed by atoms with Gasteiger partial charge in [0.2, 0.25) is 0 Å². The summed E-state index contributed by atoms with van der Waals surface area (Å²) in [6.07, 6.45) is 5.27. The van der Waals surface area contributed by atoms with Gasteiger partial charge in [0.1, 0.15) is 0 Å². The standard InChI is InChI=1S/C17H24N6O/c24-17-5-2-6-18-23(17)12-11-21-7-9-22(10-8-21)13-16-14-3-1-4-15(14)19-20-16/h2,5-6H,1,3-4,7-13H2,(H,19,20). The maximum Gasteiger partial charge on any atom is 0.266 e. The van der Waals surface area contributed by atoms with Crippen LogP contribution < -0.4 is 5.56 Å². The number of aryl methyl sites for hydroxylation is 1.